The van der Waals surface area contributed by atoms with Crippen LogP contribution >= 0.6 is 0 Å². The van der Waals surface area contributed by atoms with Crippen molar-refractivity contribution in [1.29, 1.82) is 0 Å². The third-order valence-corrected chi connectivity index (χ3v) is 9.49. The lowest BCUT2D eigenvalue weighted by molar-refractivity contribution is -0.137. The summed E-state index contributed by atoms with van der Waals surface area (Å²) >= 11 is 0. The van der Waals surface area contributed by atoms with Gasteiger partial charge in [0.15, 0.2) is 6.61 Å². The molecule has 192 valence electrons. The molecule has 4 aliphatic rings. The highest BCUT2D eigenvalue weighted by atomic mass is 28.3. The average Bonchev–Trinajstić information content (AvgIpc) is 3.40. The minimum atomic E-state index is -1.15. The number of nitrogens with zero attached hydrogens (tertiary/aromatic N) is 3. The van der Waals surface area contributed by atoms with E-state index in [0.717, 1.165) is 60.6 Å². The van der Waals surface area contributed by atoms with Crippen LogP contribution in [0.4, 0.5) is 0 Å². The Hall–Kier alpha value is -1.94. The monoisotopic (exact) mass is 501 g/mol. The Morgan fingerprint density at radius 2 is 1.97 bits per heavy atom. The molecule has 2 bridgehead atoms. The van der Waals surface area contributed by atoms with Crippen LogP contribution in [0, 0.1) is 0 Å². The van der Waals surface area contributed by atoms with Crippen molar-refractivity contribution >= 4 is 24.9 Å². The second kappa shape index (κ2) is 10.2. The van der Waals surface area contributed by atoms with E-state index in [0.29, 0.717) is 32.2 Å². The van der Waals surface area contributed by atoms with Crippen molar-refractivity contribution in [2.45, 2.75) is 88.7 Å². The summed E-state index contributed by atoms with van der Waals surface area (Å²) in [6, 6.07) is 5.05. The number of hydrogen-bond donors (Lipinski definition) is 1. The van der Waals surface area contributed by atoms with Crippen LogP contribution in [0.25, 0.3) is 10.9 Å². The predicted molar refractivity (Wildman–Crippen MR) is 136 cm³/mol. The molecular weight excluding hydrogens is 462 g/mol. The number of carbonyl (C=O) groups is 1. The molecule has 2 aromatic rings. The van der Waals surface area contributed by atoms with Crippen LogP contribution in [-0.4, -0.2) is 78.4 Å². The van der Waals surface area contributed by atoms with Gasteiger partial charge in [-0.25, -0.2) is 4.68 Å². The minimum Gasteiger partial charge on any atom is -0.483 e. The Balaban J connectivity index is 1.40. The summed E-state index contributed by atoms with van der Waals surface area (Å²) in [5.74, 6) is 1.03. The maximum Gasteiger partial charge on any atom is 0.260 e. The number of amides is 1. The molecule has 8 nitrogen and oxygen atoms in total. The number of carbonyl (C=O) groups excluding carboxylic acids is 1. The van der Waals surface area contributed by atoms with Crippen LogP contribution in [0.5, 0.6) is 5.75 Å². The summed E-state index contributed by atoms with van der Waals surface area (Å²) in [6.07, 6.45) is 6.11. The van der Waals surface area contributed by atoms with Crippen LogP contribution < -0.4 is 4.74 Å². The molecule has 1 amide bonds. The lowest BCUT2D eigenvalue weighted by atomic mass is 9.82. The van der Waals surface area contributed by atoms with Gasteiger partial charge in [-0.1, -0.05) is 19.6 Å². The summed E-state index contributed by atoms with van der Waals surface area (Å²) in [5.41, 5.74) is 2.11. The van der Waals surface area contributed by atoms with Gasteiger partial charge in [0.1, 0.15) is 12.5 Å². The van der Waals surface area contributed by atoms with Gasteiger partial charge in [-0.3, -0.25) is 4.79 Å². The van der Waals surface area contributed by atoms with Crippen molar-refractivity contribution < 1.29 is 24.1 Å². The van der Waals surface area contributed by atoms with E-state index in [1.807, 2.05) is 16.9 Å². The molecule has 1 saturated carbocycles. The molecule has 2 atom stereocenters. The van der Waals surface area contributed by atoms with E-state index in [1.165, 1.54) is 0 Å². The number of aliphatic hydroxyl groups is 1. The second-order valence-electron chi connectivity index (χ2n) is 11.5. The molecule has 35 heavy (non-hydrogen) atoms. The first kappa shape index (κ1) is 24.7. The summed E-state index contributed by atoms with van der Waals surface area (Å²) in [5, 5.41) is 16.1. The number of rotatable bonds is 5. The highest BCUT2D eigenvalue weighted by molar-refractivity contribution is 6.76. The molecule has 1 aromatic heterocycles. The molecule has 9 heteroatoms. The average molecular weight is 502 g/mol. The van der Waals surface area contributed by atoms with Crippen molar-refractivity contribution in [3.05, 3.63) is 23.9 Å². The van der Waals surface area contributed by atoms with Crippen LogP contribution in [-0.2, 0) is 21.0 Å². The third kappa shape index (κ3) is 5.58. The lowest BCUT2D eigenvalue weighted by Gasteiger charge is -2.31. The van der Waals surface area contributed by atoms with E-state index >= 15 is 0 Å². The quantitative estimate of drug-likeness (QED) is 0.496. The van der Waals surface area contributed by atoms with Gasteiger partial charge in [-0.15, -0.1) is 0 Å². The van der Waals surface area contributed by atoms with Crippen molar-refractivity contribution in [3.63, 3.8) is 0 Å². The number of aliphatic hydroxyl groups excluding tert-OH is 1. The van der Waals surface area contributed by atoms with Gasteiger partial charge in [0.05, 0.1) is 36.6 Å². The Bertz CT molecular complexity index is 1040. The Morgan fingerprint density at radius 1 is 1.17 bits per heavy atom. The predicted octanol–water partition coefficient (Wildman–Crippen LogP) is 3.75. The van der Waals surface area contributed by atoms with Gasteiger partial charge < -0.3 is 24.2 Å². The smallest absolute Gasteiger partial charge is 0.260 e. The summed E-state index contributed by atoms with van der Waals surface area (Å²) in [7, 11) is -1.15. The van der Waals surface area contributed by atoms with E-state index in [9.17, 15) is 9.90 Å². The zero-order chi connectivity index (χ0) is 24.6. The number of fused-ring (bicyclic) bond motifs is 6. The van der Waals surface area contributed by atoms with Crippen LogP contribution in [0.15, 0.2) is 18.3 Å². The van der Waals surface area contributed by atoms with E-state index in [1.54, 1.807) is 4.90 Å². The minimum absolute atomic E-state index is 0.0429. The Kier molecular flexibility index (Phi) is 7.21. The fraction of sp³-hybridized carbons (Fsp3) is 0.692. The van der Waals surface area contributed by atoms with Gasteiger partial charge in [0.25, 0.3) is 5.91 Å². The fourth-order valence-electron chi connectivity index (χ4n) is 5.55. The first-order valence-corrected chi connectivity index (χ1v) is 16.8. The van der Waals surface area contributed by atoms with E-state index in [2.05, 4.69) is 30.8 Å². The topological polar surface area (TPSA) is 86.1 Å². The van der Waals surface area contributed by atoms with Crippen molar-refractivity contribution in [3.8, 4) is 5.75 Å². The SMILES string of the molecule is C[Si](C)(C)CCOCn1ncc2cc3c(cc21)OCC(=O)N1CC[C@@H](O)[C@@H]1COC1CCC3CC1. The summed E-state index contributed by atoms with van der Waals surface area (Å²) in [6.45, 7) is 9.07. The lowest BCUT2D eigenvalue weighted by Crippen LogP contribution is -2.45. The number of ether oxygens (including phenoxy) is 3. The van der Waals surface area contributed by atoms with E-state index in [-0.39, 0.29) is 24.7 Å². The number of hydrogen-bond acceptors (Lipinski definition) is 6. The molecule has 2 fully saturated rings. The van der Waals surface area contributed by atoms with Crippen LogP contribution in [0.1, 0.15) is 43.6 Å². The maximum absolute atomic E-state index is 13.1. The van der Waals surface area contributed by atoms with Crippen LogP contribution in [0.3, 0.4) is 0 Å². The summed E-state index contributed by atoms with van der Waals surface area (Å²) in [4.78, 5) is 14.8. The normalized spacial score (nSPS) is 27.7. The van der Waals surface area contributed by atoms with E-state index in [4.69, 9.17) is 14.2 Å². The first-order valence-electron chi connectivity index (χ1n) is 13.1. The van der Waals surface area contributed by atoms with Gasteiger partial charge >= 0.3 is 0 Å². The molecule has 1 N–H and O–H groups in total. The molecule has 1 aromatic carbocycles. The highest BCUT2D eigenvalue weighted by Crippen LogP contribution is 2.41. The largest absolute Gasteiger partial charge is 0.483 e. The Morgan fingerprint density at radius 3 is 2.74 bits per heavy atom. The maximum atomic E-state index is 13.1. The zero-order valence-corrected chi connectivity index (χ0v) is 22.2. The van der Waals surface area contributed by atoms with Crippen molar-refractivity contribution in [1.82, 2.24) is 14.7 Å². The molecule has 4 heterocycles. The van der Waals surface area contributed by atoms with Gasteiger partial charge in [-0.2, -0.15) is 5.10 Å². The zero-order valence-electron chi connectivity index (χ0n) is 21.2. The third-order valence-electron chi connectivity index (χ3n) is 7.78. The Labute approximate surface area is 208 Å². The number of aromatic nitrogens is 2. The highest BCUT2D eigenvalue weighted by Gasteiger charge is 2.38. The molecule has 6 rings (SSSR count). The molecular formula is C26H39N3O5Si. The molecule has 1 saturated heterocycles. The van der Waals surface area contributed by atoms with Crippen LogP contribution in [0.2, 0.25) is 25.7 Å². The molecule has 0 unspecified atom stereocenters. The van der Waals surface area contributed by atoms with Gasteiger partial charge in [-0.05, 0) is 55.7 Å². The number of benzene rings is 1. The molecule has 1 aliphatic carbocycles. The molecule has 0 spiro atoms. The van der Waals surface area contributed by atoms with Crippen molar-refractivity contribution in [2.24, 2.45) is 0 Å². The standard InChI is InChI=1S/C26H39N3O5Si/c1-35(2,3)11-10-32-17-29-22-13-25-21(12-19(22)14-27-29)18-4-6-20(7-5-18)33-15-23-24(30)8-9-28(23)26(31)16-34-25/h12-14,18,20,23-24,30H,4-11,15-17H2,1-3H3/t18?,20?,23-,24+/m0/s1. The fourth-order valence-corrected chi connectivity index (χ4v) is 6.30. The van der Waals surface area contributed by atoms with Crippen molar-refractivity contribution in [2.75, 3.05) is 26.4 Å². The first-order chi connectivity index (χ1) is 16.8. The second-order valence-corrected chi connectivity index (χ2v) is 17.2. The summed E-state index contributed by atoms with van der Waals surface area (Å²) < 4.78 is 20.2. The van der Waals surface area contributed by atoms with E-state index < -0.39 is 14.2 Å². The molecule has 3 aliphatic heterocycles. The molecule has 0 radical (unpaired) electrons. The van der Waals surface area contributed by atoms with Gasteiger partial charge in [0.2, 0.25) is 0 Å². The van der Waals surface area contributed by atoms with Gasteiger partial charge in [0, 0.05) is 32.7 Å².